The Kier molecular flexibility index (Phi) is 5.16. The van der Waals surface area contributed by atoms with E-state index in [1.165, 1.54) is 12.8 Å². The van der Waals surface area contributed by atoms with E-state index in [4.69, 9.17) is 0 Å². The highest BCUT2D eigenvalue weighted by molar-refractivity contribution is 7.99. The summed E-state index contributed by atoms with van der Waals surface area (Å²) < 4.78 is 0. The predicted molar refractivity (Wildman–Crippen MR) is 71.8 cm³/mol. The number of nitrogens with zero attached hydrogens (tertiary/aromatic N) is 1. The maximum atomic E-state index is 12.2. The van der Waals surface area contributed by atoms with Crippen LogP contribution in [0.1, 0.15) is 47.0 Å². The van der Waals surface area contributed by atoms with Gasteiger partial charge >= 0.3 is 0 Å². The average Bonchev–Trinajstić information content (AvgIpc) is 3.01. The molecule has 16 heavy (non-hydrogen) atoms. The molecule has 0 aromatic heterocycles. The molecule has 1 aliphatic rings. The second-order valence-corrected chi connectivity index (χ2v) is 6.54. The molecule has 0 saturated heterocycles. The van der Waals surface area contributed by atoms with E-state index in [-0.39, 0.29) is 5.92 Å². The molecule has 2 atom stereocenters. The fourth-order valence-corrected chi connectivity index (χ4v) is 2.57. The highest BCUT2D eigenvalue weighted by Gasteiger charge is 2.36. The Hall–Kier alpha value is -0.180. The predicted octanol–water partition coefficient (Wildman–Crippen LogP) is 3.16. The summed E-state index contributed by atoms with van der Waals surface area (Å²) in [5.41, 5.74) is 0. The van der Waals surface area contributed by atoms with Crippen LogP contribution in [0.5, 0.6) is 0 Å². The molecular formula is C13H25NOS. The lowest BCUT2D eigenvalue weighted by molar-refractivity contribution is -0.137. The van der Waals surface area contributed by atoms with Crippen molar-refractivity contribution in [1.29, 1.82) is 0 Å². The molecule has 0 aromatic rings. The van der Waals surface area contributed by atoms with Gasteiger partial charge in [0.05, 0.1) is 0 Å². The lowest BCUT2D eigenvalue weighted by Crippen LogP contribution is -2.43. The molecule has 2 nitrogen and oxygen atoms in total. The molecule has 0 heterocycles. The van der Waals surface area contributed by atoms with E-state index in [0.29, 0.717) is 23.2 Å². The first-order valence-electron chi connectivity index (χ1n) is 6.32. The van der Waals surface area contributed by atoms with Crippen LogP contribution in [0.25, 0.3) is 0 Å². The van der Waals surface area contributed by atoms with Gasteiger partial charge in [0.25, 0.3) is 0 Å². The molecule has 0 N–H and O–H groups in total. The molecule has 94 valence electrons. The van der Waals surface area contributed by atoms with E-state index in [1.54, 1.807) is 0 Å². The number of hydrogen-bond acceptors (Lipinski definition) is 2. The molecule has 0 bridgehead atoms. The third-order valence-corrected chi connectivity index (χ3v) is 4.24. The van der Waals surface area contributed by atoms with E-state index in [2.05, 4.69) is 25.0 Å². The fraction of sp³-hybridized carbons (Fsp3) is 0.923. The van der Waals surface area contributed by atoms with E-state index >= 15 is 0 Å². The molecule has 1 aliphatic carbocycles. The number of carbonyl (C=O) groups excluding carboxylic acids is 1. The number of carbonyl (C=O) groups is 1. The second kappa shape index (κ2) is 5.95. The van der Waals surface area contributed by atoms with Crippen molar-refractivity contribution in [2.75, 3.05) is 6.26 Å². The van der Waals surface area contributed by atoms with Gasteiger partial charge < -0.3 is 4.90 Å². The molecule has 0 aliphatic heterocycles. The zero-order valence-corrected chi connectivity index (χ0v) is 12.0. The van der Waals surface area contributed by atoms with Crippen molar-refractivity contribution in [1.82, 2.24) is 4.90 Å². The first-order valence-corrected chi connectivity index (χ1v) is 7.61. The van der Waals surface area contributed by atoms with Crippen LogP contribution < -0.4 is 0 Å². The number of amides is 1. The van der Waals surface area contributed by atoms with Crippen LogP contribution >= 0.6 is 11.8 Å². The maximum absolute atomic E-state index is 12.2. The third-order valence-electron chi connectivity index (χ3n) is 3.24. The summed E-state index contributed by atoms with van der Waals surface area (Å²) in [5.74, 6) is 0.468. The Morgan fingerprint density at radius 2 is 1.88 bits per heavy atom. The van der Waals surface area contributed by atoms with Gasteiger partial charge in [0.1, 0.15) is 0 Å². The van der Waals surface area contributed by atoms with Crippen LogP contribution in [0.4, 0.5) is 0 Å². The molecule has 1 fully saturated rings. The Morgan fingerprint density at radius 1 is 1.31 bits per heavy atom. The highest BCUT2D eigenvalue weighted by Crippen LogP contribution is 2.31. The van der Waals surface area contributed by atoms with E-state index in [0.717, 1.165) is 6.42 Å². The van der Waals surface area contributed by atoms with Gasteiger partial charge in [-0.3, -0.25) is 4.79 Å². The summed E-state index contributed by atoms with van der Waals surface area (Å²) >= 11 is 1.88. The SMILES string of the molecule is CSC(C)C[C@@H](C)N(C(=O)C(C)C)C1CC1. The Balaban J connectivity index is 2.59. The van der Waals surface area contributed by atoms with Crippen LogP contribution in [-0.2, 0) is 4.79 Å². The van der Waals surface area contributed by atoms with Crippen molar-refractivity contribution in [3.63, 3.8) is 0 Å². The zero-order chi connectivity index (χ0) is 12.3. The van der Waals surface area contributed by atoms with Gasteiger partial charge in [0.2, 0.25) is 5.91 Å². The first-order chi connectivity index (χ1) is 7.47. The smallest absolute Gasteiger partial charge is 0.225 e. The van der Waals surface area contributed by atoms with Crippen molar-refractivity contribution >= 4 is 17.7 Å². The average molecular weight is 243 g/mol. The Bertz CT molecular complexity index is 238. The topological polar surface area (TPSA) is 20.3 Å². The monoisotopic (exact) mass is 243 g/mol. The molecule has 1 rings (SSSR count). The second-order valence-electron chi connectivity index (χ2n) is 5.26. The van der Waals surface area contributed by atoms with E-state index < -0.39 is 0 Å². The number of hydrogen-bond donors (Lipinski definition) is 0. The summed E-state index contributed by atoms with van der Waals surface area (Å²) in [4.78, 5) is 14.3. The minimum atomic E-state index is 0.132. The minimum absolute atomic E-state index is 0.132. The minimum Gasteiger partial charge on any atom is -0.337 e. The Morgan fingerprint density at radius 3 is 2.25 bits per heavy atom. The lowest BCUT2D eigenvalue weighted by atomic mass is 10.1. The van der Waals surface area contributed by atoms with Gasteiger partial charge in [0, 0.05) is 23.3 Å². The number of rotatable bonds is 6. The maximum Gasteiger partial charge on any atom is 0.225 e. The molecule has 0 spiro atoms. The van der Waals surface area contributed by atoms with Gasteiger partial charge in [-0.2, -0.15) is 11.8 Å². The van der Waals surface area contributed by atoms with Crippen LogP contribution in [0.2, 0.25) is 0 Å². The van der Waals surface area contributed by atoms with Gasteiger partial charge in [0.15, 0.2) is 0 Å². The molecule has 1 amide bonds. The van der Waals surface area contributed by atoms with Crippen molar-refractivity contribution in [2.24, 2.45) is 5.92 Å². The zero-order valence-electron chi connectivity index (χ0n) is 11.2. The summed E-state index contributed by atoms with van der Waals surface area (Å²) in [5, 5.41) is 0.635. The third kappa shape index (κ3) is 3.69. The van der Waals surface area contributed by atoms with Gasteiger partial charge in [-0.25, -0.2) is 0 Å². The molecule has 1 saturated carbocycles. The quantitative estimate of drug-likeness (QED) is 0.714. The van der Waals surface area contributed by atoms with Crippen LogP contribution in [-0.4, -0.2) is 34.4 Å². The molecule has 0 radical (unpaired) electrons. The normalized spacial score (nSPS) is 19.6. The largest absolute Gasteiger partial charge is 0.337 e. The van der Waals surface area contributed by atoms with Crippen molar-refractivity contribution in [3.8, 4) is 0 Å². The lowest BCUT2D eigenvalue weighted by Gasteiger charge is -2.32. The summed E-state index contributed by atoms with van der Waals surface area (Å²) in [7, 11) is 0. The molecule has 3 heteroatoms. The molecule has 0 aromatic carbocycles. The van der Waals surface area contributed by atoms with E-state index in [1.807, 2.05) is 25.6 Å². The fourth-order valence-electron chi connectivity index (χ4n) is 2.10. The first kappa shape index (κ1) is 13.9. The van der Waals surface area contributed by atoms with Crippen molar-refractivity contribution in [2.45, 2.75) is 64.3 Å². The summed E-state index contributed by atoms with van der Waals surface area (Å²) in [6, 6.07) is 0.934. The van der Waals surface area contributed by atoms with Crippen molar-refractivity contribution in [3.05, 3.63) is 0 Å². The van der Waals surface area contributed by atoms with Crippen LogP contribution in [0.15, 0.2) is 0 Å². The van der Waals surface area contributed by atoms with E-state index in [9.17, 15) is 4.79 Å². The van der Waals surface area contributed by atoms with Gasteiger partial charge in [-0.1, -0.05) is 20.8 Å². The Labute approximate surface area is 104 Å². The molecule has 1 unspecified atom stereocenters. The van der Waals surface area contributed by atoms with Crippen LogP contribution in [0.3, 0.4) is 0 Å². The highest BCUT2D eigenvalue weighted by atomic mass is 32.2. The van der Waals surface area contributed by atoms with Gasteiger partial charge in [-0.05, 0) is 32.4 Å². The van der Waals surface area contributed by atoms with Gasteiger partial charge in [-0.15, -0.1) is 0 Å². The summed E-state index contributed by atoms with van der Waals surface area (Å²) in [6.07, 6.45) is 5.66. The van der Waals surface area contributed by atoms with Crippen molar-refractivity contribution < 1.29 is 4.79 Å². The van der Waals surface area contributed by atoms with Crippen LogP contribution in [0, 0.1) is 5.92 Å². The summed E-state index contributed by atoms with van der Waals surface area (Å²) in [6.45, 7) is 8.45. The molecular weight excluding hydrogens is 218 g/mol. The number of thioether (sulfide) groups is 1. The standard InChI is InChI=1S/C13H25NOS/c1-9(2)13(15)14(12-6-7-12)10(3)8-11(4)16-5/h9-12H,6-8H2,1-5H3/t10-,11?/m1/s1.